The van der Waals surface area contributed by atoms with Crippen LogP contribution in [-0.2, 0) is 9.53 Å². The average Bonchev–Trinajstić information content (AvgIpc) is 2.76. The summed E-state index contributed by atoms with van der Waals surface area (Å²) in [4.78, 5) is 11.9. The molecule has 3 saturated carbocycles. The number of aliphatic hydroxyl groups is 1. The van der Waals surface area contributed by atoms with Crippen molar-refractivity contribution in [1.29, 1.82) is 0 Å². The quantitative estimate of drug-likeness (QED) is 0.663. The number of hydrogen-bond acceptors (Lipinski definition) is 3. The van der Waals surface area contributed by atoms with Crippen molar-refractivity contribution in [3.8, 4) is 0 Å². The van der Waals surface area contributed by atoms with E-state index in [1.807, 2.05) is 0 Å². The topological polar surface area (TPSA) is 49.8 Å². The van der Waals surface area contributed by atoms with Crippen molar-refractivity contribution in [2.75, 3.05) is 13.2 Å². The third-order valence-corrected chi connectivity index (χ3v) is 5.14. The van der Waals surface area contributed by atoms with Gasteiger partial charge in [0.25, 0.3) is 0 Å². The van der Waals surface area contributed by atoms with Gasteiger partial charge < -0.3 is 9.84 Å². The average molecular weight is 196 g/mol. The van der Waals surface area contributed by atoms with E-state index in [2.05, 4.69) is 13.8 Å². The Bertz CT molecular complexity index is 308. The highest BCUT2D eigenvalue weighted by atomic mass is 16.6. The van der Waals surface area contributed by atoms with Gasteiger partial charge >= 0.3 is 0 Å². The van der Waals surface area contributed by atoms with E-state index in [-0.39, 0.29) is 28.8 Å². The summed E-state index contributed by atoms with van der Waals surface area (Å²) in [6.45, 7) is 4.68. The van der Waals surface area contributed by atoms with Crippen LogP contribution in [-0.4, -0.2) is 29.7 Å². The summed E-state index contributed by atoms with van der Waals surface area (Å²) in [7, 11) is 0. The molecule has 0 unspecified atom stereocenters. The summed E-state index contributed by atoms with van der Waals surface area (Å²) in [5.74, 6) is 0.527. The molecule has 0 aromatic carbocycles. The normalized spacial score (nSPS) is 51.8. The van der Waals surface area contributed by atoms with E-state index in [1.54, 1.807) is 0 Å². The van der Waals surface area contributed by atoms with E-state index in [0.29, 0.717) is 5.92 Å². The molecule has 2 bridgehead atoms. The molecule has 1 spiro atoms. The van der Waals surface area contributed by atoms with Crippen molar-refractivity contribution in [2.24, 2.45) is 16.7 Å². The van der Waals surface area contributed by atoms with Crippen molar-refractivity contribution < 1.29 is 14.6 Å². The largest absolute Gasteiger partial charge is 0.389 e. The lowest BCUT2D eigenvalue weighted by Crippen LogP contribution is -2.67. The van der Waals surface area contributed by atoms with Crippen LogP contribution in [0.2, 0.25) is 0 Å². The lowest BCUT2D eigenvalue weighted by Gasteiger charge is -2.58. The van der Waals surface area contributed by atoms with Gasteiger partial charge in [-0.3, -0.25) is 4.79 Å². The molecule has 3 aliphatic carbocycles. The van der Waals surface area contributed by atoms with E-state index >= 15 is 0 Å². The Balaban J connectivity index is 2.08. The second-order valence-electron chi connectivity index (χ2n) is 5.48. The highest BCUT2D eigenvalue weighted by Gasteiger charge is 2.87. The molecule has 3 nitrogen and oxygen atoms in total. The molecule has 0 aromatic heterocycles. The molecule has 0 radical (unpaired) electrons. The lowest BCUT2D eigenvalue weighted by molar-refractivity contribution is -0.176. The number of epoxide rings is 1. The number of hydrogen-bond donors (Lipinski definition) is 1. The van der Waals surface area contributed by atoms with Crippen LogP contribution in [0.4, 0.5) is 0 Å². The third-order valence-electron chi connectivity index (χ3n) is 5.14. The molecule has 14 heavy (non-hydrogen) atoms. The summed E-state index contributed by atoms with van der Waals surface area (Å²) in [6.07, 6.45) is 1.99. The Labute approximate surface area is 83.4 Å². The predicted octanol–water partition coefficient (Wildman–Crippen LogP) is 0.753. The number of ketones is 1. The van der Waals surface area contributed by atoms with Gasteiger partial charge in [0.1, 0.15) is 12.2 Å². The molecule has 4 aliphatic rings. The van der Waals surface area contributed by atoms with Crippen molar-refractivity contribution >= 4 is 5.78 Å². The fraction of sp³-hybridized carbons (Fsp3) is 0.909. The first-order valence-corrected chi connectivity index (χ1v) is 5.31. The summed E-state index contributed by atoms with van der Waals surface area (Å²) < 4.78 is 5.55. The molecule has 1 saturated heterocycles. The van der Waals surface area contributed by atoms with Gasteiger partial charge in [-0.15, -0.1) is 0 Å². The minimum absolute atomic E-state index is 0.00579. The van der Waals surface area contributed by atoms with E-state index in [0.717, 1.165) is 19.4 Å². The molecule has 3 atom stereocenters. The number of Topliss-reactive ketones (excluding diaryl/α,β-unsaturated/α-hetero) is 1. The van der Waals surface area contributed by atoms with E-state index in [9.17, 15) is 4.79 Å². The van der Waals surface area contributed by atoms with Crippen LogP contribution in [0.1, 0.15) is 26.7 Å². The number of carbonyl (C=O) groups is 1. The third kappa shape index (κ3) is 0.551. The zero-order valence-electron chi connectivity index (χ0n) is 8.67. The Morgan fingerprint density at radius 2 is 2.21 bits per heavy atom. The van der Waals surface area contributed by atoms with Gasteiger partial charge in [0.2, 0.25) is 0 Å². The van der Waals surface area contributed by atoms with Gasteiger partial charge in [0, 0.05) is 0 Å². The maximum absolute atomic E-state index is 11.9. The Hall–Kier alpha value is -0.410. The predicted molar refractivity (Wildman–Crippen MR) is 49.7 cm³/mol. The van der Waals surface area contributed by atoms with Crippen LogP contribution in [0.3, 0.4) is 0 Å². The van der Waals surface area contributed by atoms with Gasteiger partial charge in [-0.25, -0.2) is 0 Å². The summed E-state index contributed by atoms with van der Waals surface area (Å²) in [5.41, 5.74) is -0.487. The summed E-state index contributed by atoms with van der Waals surface area (Å²) in [5, 5.41) is 9.07. The molecular formula is C11H16O3. The lowest BCUT2D eigenvalue weighted by atomic mass is 9.43. The molecule has 78 valence electrons. The van der Waals surface area contributed by atoms with Crippen molar-refractivity contribution in [1.82, 2.24) is 0 Å². The molecule has 4 fully saturated rings. The molecular weight excluding hydrogens is 180 g/mol. The SMILES string of the molecule is CC1(C)[C@@H]2CC[C@@]1(C(=O)CO)[C@]21CO1. The molecule has 3 heteroatoms. The smallest absolute Gasteiger partial charge is 0.167 e. The van der Waals surface area contributed by atoms with Gasteiger partial charge in [-0.05, 0) is 24.2 Å². The molecule has 0 aromatic rings. The van der Waals surface area contributed by atoms with E-state index in [1.165, 1.54) is 0 Å². The fourth-order valence-corrected chi connectivity index (χ4v) is 4.53. The number of carbonyl (C=O) groups excluding carboxylic acids is 1. The second kappa shape index (κ2) is 2.07. The zero-order chi connectivity index (χ0) is 10.2. The van der Waals surface area contributed by atoms with Crippen LogP contribution in [0.5, 0.6) is 0 Å². The maximum Gasteiger partial charge on any atom is 0.167 e. The first-order valence-electron chi connectivity index (χ1n) is 5.31. The van der Waals surface area contributed by atoms with Crippen LogP contribution >= 0.6 is 0 Å². The number of ether oxygens (including phenoxy) is 1. The Morgan fingerprint density at radius 3 is 2.64 bits per heavy atom. The highest BCUT2D eigenvalue weighted by molar-refractivity contribution is 5.91. The van der Waals surface area contributed by atoms with E-state index in [4.69, 9.17) is 9.84 Å². The fourth-order valence-electron chi connectivity index (χ4n) is 4.53. The van der Waals surface area contributed by atoms with Gasteiger partial charge in [-0.2, -0.15) is 0 Å². The van der Waals surface area contributed by atoms with Crippen molar-refractivity contribution in [3.05, 3.63) is 0 Å². The van der Waals surface area contributed by atoms with Gasteiger partial charge in [0.05, 0.1) is 12.0 Å². The second-order valence-corrected chi connectivity index (χ2v) is 5.48. The van der Waals surface area contributed by atoms with Gasteiger partial charge in [-0.1, -0.05) is 13.8 Å². The molecule has 1 heterocycles. The maximum atomic E-state index is 11.9. The monoisotopic (exact) mass is 196 g/mol. The summed E-state index contributed by atoms with van der Waals surface area (Å²) in [6, 6.07) is 0. The minimum atomic E-state index is -0.362. The highest BCUT2D eigenvalue weighted by Crippen LogP contribution is 2.81. The van der Waals surface area contributed by atoms with E-state index < -0.39 is 0 Å². The molecule has 1 aliphatic heterocycles. The van der Waals surface area contributed by atoms with Crippen LogP contribution in [0.25, 0.3) is 0 Å². The molecule has 0 amide bonds. The van der Waals surface area contributed by atoms with Crippen molar-refractivity contribution in [3.63, 3.8) is 0 Å². The molecule has 1 N–H and O–H groups in total. The number of rotatable bonds is 2. The van der Waals surface area contributed by atoms with Crippen molar-refractivity contribution in [2.45, 2.75) is 32.3 Å². The minimum Gasteiger partial charge on any atom is -0.389 e. The Kier molecular flexibility index (Phi) is 1.31. The van der Waals surface area contributed by atoms with Crippen LogP contribution < -0.4 is 0 Å². The standard InChI is InChI=1S/C11H16O3/c1-9(2)7-3-4-10(9,8(13)5-12)11(7)6-14-11/h7,12H,3-6H2,1-2H3/t7-,10-,11-/m0/s1. The van der Waals surface area contributed by atoms with Crippen LogP contribution in [0, 0.1) is 16.7 Å². The molecule has 4 rings (SSSR count). The number of aliphatic hydroxyl groups excluding tert-OH is 1. The first kappa shape index (κ1) is 8.86. The van der Waals surface area contributed by atoms with Crippen LogP contribution in [0.15, 0.2) is 0 Å². The Morgan fingerprint density at radius 1 is 1.57 bits per heavy atom. The zero-order valence-corrected chi connectivity index (χ0v) is 8.67. The first-order chi connectivity index (χ1) is 6.53. The summed E-state index contributed by atoms with van der Waals surface area (Å²) >= 11 is 0. The number of fused-ring (bicyclic) bond motifs is 1. The van der Waals surface area contributed by atoms with Gasteiger partial charge in [0.15, 0.2) is 5.78 Å².